The van der Waals surface area contributed by atoms with Crippen molar-refractivity contribution in [3.8, 4) is 5.75 Å². The average Bonchev–Trinajstić information content (AvgIpc) is 3.15. The fourth-order valence-corrected chi connectivity index (χ4v) is 3.32. The average molecular weight is 558 g/mol. The van der Waals surface area contributed by atoms with Crippen molar-refractivity contribution < 1.29 is 22.6 Å². The molecular formula is C21H34F3IN4O2. The van der Waals surface area contributed by atoms with E-state index in [0.717, 1.165) is 24.2 Å². The number of likely N-dealkylation sites (tertiary alicyclic amines) is 1. The van der Waals surface area contributed by atoms with E-state index in [9.17, 15) is 13.2 Å². The molecule has 1 aliphatic rings. The third-order valence-electron chi connectivity index (χ3n) is 4.87. The van der Waals surface area contributed by atoms with Gasteiger partial charge >= 0.3 is 6.18 Å². The maximum absolute atomic E-state index is 12.6. The van der Waals surface area contributed by atoms with Gasteiger partial charge in [-0.05, 0) is 49.9 Å². The molecule has 2 rings (SSSR count). The molecule has 1 aromatic carbocycles. The van der Waals surface area contributed by atoms with Crippen LogP contribution in [0.5, 0.6) is 5.75 Å². The number of halogens is 4. The van der Waals surface area contributed by atoms with Crippen molar-refractivity contribution >= 4 is 29.9 Å². The molecule has 6 nitrogen and oxygen atoms in total. The molecule has 1 aliphatic heterocycles. The van der Waals surface area contributed by atoms with Crippen LogP contribution in [0, 0.1) is 5.92 Å². The number of aliphatic imine (C=N–C) groups is 1. The highest BCUT2D eigenvalue weighted by molar-refractivity contribution is 14.0. The first-order valence-corrected chi connectivity index (χ1v) is 10.4. The van der Waals surface area contributed by atoms with Gasteiger partial charge in [0, 0.05) is 32.8 Å². The fourth-order valence-electron chi connectivity index (χ4n) is 3.32. The Morgan fingerprint density at radius 2 is 1.97 bits per heavy atom. The van der Waals surface area contributed by atoms with Crippen LogP contribution in [0.1, 0.15) is 25.3 Å². The van der Waals surface area contributed by atoms with Crippen molar-refractivity contribution in [3.63, 3.8) is 0 Å². The summed E-state index contributed by atoms with van der Waals surface area (Å²) in [5.74, 6) is 1.63. The number of rotatable bonds is 11. The number of guanidine groups is 1. The molecule has 0 saturated carbocycles. The van der Waals surface area contributed by atoms with E-state index in [1.54, 1.807) is 7.11 Å². The number of alkyl halides is 3. The van der Waals surface area contributed by atoms with Crippen LogP contribution < -0.4 is 15.4 Å². The molecule has 1 saturated heterocycles. The normalized spacial score (nSPS) is 17.3. The van der Waals surface area contributed by atoms with E-state index in [2.05, 4.69) is 15.6 Å². The lowest BCUT2D eigenvalue weighted by Gasteiger charge is -2.19. The van der Waals surface area contributed by atoms with Gasteiger partial charge in [-0.2, -0.15) is 13.2 Å². The molecule has 0 amide bonds. The quantitative estimate of drug-likeness (QED) is 0.188. The van der Waals surface area contributed by atoms with Gasteiger partial charge in [-0.15, -0.1) is 24.0 Å². The third-order valence-corrected chi connectivity index (χ3v) is 4.87. The molecule has 178 valence electrons. The summed E-state index contributed by atoms with van der Waals surface area (Å²) in [5, 5.41) is 6.58. The van der Waals surface area contributed by atoms with E-state index in [0.29, 0.717) is 51.9 Å². The summed E-state index contributed by atoms with van der Waals surface area (Å²) in [6.07, 6.45) is -2.55. The molecule has 31 heavy (non-hydrogen) atoms. The summed E-state index contributed by atoms with van der Waals surface area (Å²) in [6, 6.07) is 7.70. The number of nitrogens with zero attached hydrogens (tertiary/aromatic N) is 2. The van der Waals surface area contributed by atoms with Crippen molar-refractivity contribution in [2.45, 2.75) is 32.5 Å². The fraction of sp³-hybridized carbons (Fsp3) is 0.667. The molecule has 0 spiro atoms. The first-order chi connectivity index (χ1) is 14.4. The van der Waals surface area contributed by atoms with E-state index in [4.69, 9.17) is 9.47 Å². The Morgan fingerprint density at radius 3 is 2.61 bits per heavy atom. The van der Waals surface area contributed by atoms with Gasteiger partial charge in [0.2, 0.25) is 0 Å². The number of nitrogens with one attached hydrogen (secondary N) is 2. The SMILES string of the molecule is CCOCCCNC(=NCc1ccc(OC)cc1)NCC1CCN(CC(F)(F)F)C1.I. The third kappa shape index (κ3) is 11.8. The highest BCUT2D eigenvalue weighted by Gasteiger charge is 2.34. The van der Waals surface area contributed by atoms with Crippen molar-refractivity contribution in [1.29, 1.82) is 0 Å². The van der Waals surface area contributed by atoms with Gasteiger partial charge in [-0.1, -0.05) is 12.1 Å². The Balaban J connectivity index is 0.00000480. The zero-order chi connectivity index (χ0) is 21.8. The van der Waals surface area contributed by atoms with Crippen LogP contribution in [0.4, 0.5) is 13.2 Å². The van der Waals surface area contributed by atoms with Gasteiger partial charge in [0.05, 0.1) is 20.2 Å². The molecule has 0 aliphatic carbocycles. The van der Waals surface area contributed by atoms with Crippen LogP contribution in [-0.2, 0) is 11.3 Å². The van der Waals surface area contributed by atoms with Crippen LogP contribution in [0.15, 0.2) is 29.3 Å². The van der Waals surface area contributed by atoms with Crippen molar-refractivity contribution in [1.82, 2.24) is 15.5 Å². The molecule has 0 bridgehead atoms. The van der Waals surface area contributed by atoms with E-state index < -0.39 is 12.7 Å². The molecule has 1 fully saturated rings. The first kappa shape index (κ1) is 27.8. The van der Waals surface area contributed by atoms with Crippen LogP contribution in [0.2, 0.25) is 0 Å². The van der Waals surface area contributed by atoms with Gasteiger partial charge < -0.3 is 20.1 Å². The first-order valence-electron chi connectivity index (χ1n) is 10.4. The largest absolute Gasteiger partial charge is 0.497 e. The van der Waals surface area contributed by atoms with Crippen LogP contribution in [0.3, 0.4) is 0 Å². The predicted molar refractivity (Wildman–Crippen MR) is 127 cm³/mol. The second kappa shape index (κ2) is 14.7. The lowest BCUT2D eigenvalue weighted by Crippen LogP contribution is -2.41. The molecule has 1 atom stereocenters. The summed E-state index contributed by atoms with van der Waals surface area (Å²) in [4.78, 5) is 6.09. The Morgan fingerprint density at radius 1 is 1.23 bits per heavy atom. The van der Waals surface area contributed by atoms with Gasteiger partial charge in [-0.25, -0.2) is 4.99 Å². The van der Waals surface area contributed by atoms with E-state index in [1.165, 1.54) is 4.90 Å². The maximum atomic E-state index is 12.6. The molecule has 2 N–H and O–H groups in total. The number of hydrogen-bond donors (Lipinski definition) is 2. The second-order valence-corrected chi connectivity index (χ2v) is 7.38. The topological polar surface area (TPSA) is 58.1 Å². The van der Waals surface area contributed by atoms with E-state index in [1.807, 2.05) is 31.2 Å². The molecule has 1 heterocycles. The molecular weight excluding hydrogens is 524 g/mol. The Bertz CT molecular complexity index is 645. The zero-order valence-electron chi connectivity index (χ0n) is 18.2. The standard InChI is InChI=1S/C21H33F3N4O2.HI/c1-3-30-12-4-10-25-20(26-13-17-5-7-19(29-2)8-6-17)27-14-18-9-11-28(15-18)16-21(22,23)24;/h5-8,18H,3-4,9-16H2,1-2H3,(H2,25,26,27);1H. The summed E-state index contributed by atoms with van der Waals surface area (Å²) < 4.78 is 48.3. The van der Waals surface area contributed by atoms with Gasteiger partial charge in [0.1, 0.15) is 5.75 Å². The smallest absolute Gasteiger partial charge is 0.401 e. The lowest BCUT2D eigenvalue weighted by molar-refractivity contribution is -0.143. The summed E-state index contributed by atoms with van der Waals surface area (Å²) in [7, 11) is 1.63. The zero-order valence-corrected chi connectivity index (χ0v) is 20.5. The van der Waals surface area contributed by atoms with Gasteiger partial charge in [-0.3, -0.25) is 4.90 Å². The monoisotopic (exact) mass is 558 g/mol. The molecule has 10 heteroatoms. The molecule has 0 radical (unpaired) electrons. The van der Waals surface area contributed by atoms with Crippen molar-refractivity contribution in [2.75, 3.05) is 53.0 Å². The minimum atomic E-state index is -4.14. The van der Waals surface area contributed by atoms with Crippen molar-refractivity contribution in [3.05, 3.63) is 29.8 Å². The van der Waals surface area contributed by atoms with Crippen LogP contribution in [0.25, 0.3) is 0 Å². The summed E-state index contributed by atoms with van der Waals surface area (Å²) in [6.45, 7) is 5.20. The lowest BCUT2D eigenvalue weighted by atomic mass is 10.1. The number of ether oxygens (including phenoxy) is 2. The van der Waals surface area contributed by atoms with Crippen LogP contribution >= 0.6 is 24.0 Å². The number of hydrogen-bond acceptors (Lipinski definition) is 4. The molecule has 0 aromatic heterocycles. The molecule has 1 aromatic rings. The number of benzene rings is 1. The highest BCUT2D eigenvalue weighted by atomic mass is 127. The Labute approximate surface area is 200 Å². The number of methoxy groups -OCH3 is 1. The van der Waals surface area contributed by atoms with E-state index in [-0.39, 0.29) is 29.9 Å². The predicted octanol–water partition coefficient (Wildman–Crippen LogP) is 3.66. The Kier molecular flexibility index (Phi) is 13.2. The van der Waals surface area contributed by atoms with Crippen LogP contribution in [-0.4, -0.2) is 70.1 Å². The Hall–Kier alpha value is -1.27. The summed E-state index contributed by atoms with van der Waals surface area (Å²) >= 11 is 0. The van der Waals surface area contributed by atoms with Gasteiger partial charge in [0.25, 0.3) is 0 Å². The van der Waals surface area contributed by atoms with Crippen molar-refractivity contribution in [2.24, 2.45) is 10.9 Å². The minimum Gasteiger partial charge on any atom is -0.497 e. The highest BCUT2D eigenvalue weighted by Crippen LogP contribution is 2.22. The molecule has 1 unspecified atom stereocenters. The van der Waals surface area contributed by atoms with E-state index >= 15 is 0 Å². The second-order valence-electron chi connectivity index (χ2n) is 7.38. The maximum Gasteiger partial charge on any atom is 0.401 e. The minimum absolute atomic E-state index is 0. The van der Waals surface area contributed by atoms with Gasteiger partial charge in [0.15, 0.2) is 5.96 Å². The summed E-state index contributed by atoms with van der Waals surface area (Å²) in [5.41, 5.74) is 1.04.